The summed E-state index contributed by atoms with van der Waals surface area (Å²) in [4.78, 5) is 21.7. The molecule has 2 atom stereocenters. The van der Waals surface area contributed by atoms with Gasteiger partial charge in [-0.2, -0.15) is 0 Å². The van der Waals surface area contributed by atoms with Crippen molar-refractivity contribution in [3.8, 4) is 0 Å². The number of hydrogen-bond acceptors (Lipinski definition) is 4. The van der Waals surface area contributed by atoms with Gasteiger partial charge in [0, 0.05) is 12.6 Å². The van der Waals surface area contributed by atoms with Gasteiger partial charge in [-0.05, 0) is 41.7 Å². The van der Waals surface area contributed by atoms with Gasteiger partial charge in [0.1, 0.15) is 16.4 Å². The zero-order valence-electron chi connectivity index (χ0n) is 11.0. The molecule has 2 saturated heterocycles. The molecule has 104 valence electrons. The van der Waals surface area contributed by atoms with Crippen molar-refractivity contribution in [3.63, 3.8) is 0 Å². The quantitative estimate of drug-likeness (QED) is 0.897. The van der Waals surface area contributed by atoms with Crippen LogP contribution in [0.4, 0.5) is 0 Å². The maximum Gasteiger partial charge on any atom is 0.265 e. The number of morpholine rings is 1. The standard InChI is InChI=1S/C13H18BrN3O2/c1-2-9-11(14)13(18)16-12(15-9)10-6-17-5-3-4-8(17)7-19-10/h8,10H,2-7H2,1H3,(H,15,16,18). The molecule has 1 aromatic rings. The number of halogens is 1. The highest BCUT2D eigenvalue weighted by atomic mass is 79.9. The Balaban J connectivity index is 1.86. The van der Waals surface area contributed by atoms with E-state index < -0.39 is 0 Å². The minimum absolute atomic E-state index is 0.111. The number of aromatic amines is 1. The Hall–Kier alpha value is -0.720. The van der Waals surface area contributed by atoms with Crippen LogP contribution in [0.5, 0.6) is 0 Å². The summed E-state index contributed by atoms with van der Waals surface area (Å²) in [7, 11) is 0. The molecule has 6 heteroatoms. The van der Waals surface area contributed by atoms with Gasteiger partial charge in [-0.1, -0.05) is 6.92 Å². The van der Waals surface area contributed by atoms with Crippen molar-refractivity contribution in [2.24, 2.45) is 0 Å². The van der Waals surface area contributed by atoms with Gasteiger partial charge < -0.3 is 9.72 Å². The predicted molar refractivity (Wildman–Crippen MR) is 75.2 cm³/mol. The van der Waals surface area contributed by atoms with Crippen LogP contribution >= 0.6 is 15.9 Å². The van der Waals surface area contributed by atoms with Crippen LogP contribution < -0.4 is 5.56 Å². The molecule has 2 fully saturated rings. The molecule has 2 aliphatic rings. The van der Waals surface area contributed by atoms with Crippen molar-refractivity contribution < 1.29 is 4.74 Å². The number of H-pyrrole nitrogens is 1. The zero-order valence-corrected chi connectivity index (χ0v) is 12.6. The SMILES string of the molecule is CCc1nc(C2CN3CCCC3CO2)[nH]c(=O)c1Br. The number of aryl methyl sites for hydroxylation is 1. The van der Waals surface area contributed by atoms with Crippen LogP contribution in [0, 0.1) is 0 Å². The zero-order chi connectivity index (χ0) is 13.4. The second-order valence-electron chi connectivity index (χ2n) is 5.18. The number of fused-ring (bicyclic) bond motifs is 1. The number of nitrogens with zero attached hydrogens (tertiary/aromatic N) is 2. The Morgan fingerprint density at radius 2 is 2.42 bits per heavy atom. The maximum absolute atomic E-state index is 11.9. The molecular weight excluding hydrogens is 310 g/mol. The van der Waals surface area contributed by atoms with Crippen LogP contribution in [0.3, 0.4) is 0 Å². The summed E-state index contributed by atoms with van der Waals surface area (Å²) >= 11 is 3.29. The molecule has 0 radical (unpaired) electrons. The van der Waals surface area contributed by atoms with Gasteiger partial charge in [0.2, 0.25) is 0 Å². The molecule has 0 saturated carbocycles. The molecule has 1 aromatic heterocycles. The molecular formula is C13H18BrN3O2. The van der Waals surface area contributed by atoms with Gasteiger partial charge in [0.05, 0.1) is 12.3 Å². The van der Waals surface area contributed by atoms with Gasteiger partial charge in [-0.25, -0.2) is 4.98 Å². The molecule has 2 aliphatic heterocycles. The van der Waals surface area contributed by atoms with E-state index in [0.717, 1.165) is 31.8 Å². The lowest BCUT2D eigenvalue weighted by molar-refractivity contribution is -0.0543. The van der Waals surface area contributed by atoms with E-state index in [4.69, 9.17) is 4.74 Å². The van der Waals surface area contributed by atoms with Gasteiger partial charge >= 0.3 is 0 Å². The number of nitrogens with one attached hydrogen (secondary N) is 1. The topological polar surface area (TPSA) is 58.2 Å². The third kappa shape index (κ3) is 2.49. The first kappa shape index (κ1) is 13.3. The lowest BCUT2D eigenvalue weighted by atomic mass is 10.2. The highest BCUT2D eigenvalue weighted by Gasteiger charge is 2.34. The molecule has 0 aliphatic carbocycles. The Labute approximate surface area is 120 Å². The molecule has 0 amide bonds. The number of ether oxygens (including phenoxy) is 1. The normalized spacial score (nSPS) is 27.5. The molecule has 0 aromatic carbocycles. The van der Waals surface area contributed by atoms with E-state index in [-0.39, 0.29) is 11.7 Å². The first-order valence-corrected chi connectivity index (χ1v) is 7.62. The smallest absolute Gasteiger partial charge is 0.265 e. The molecule has 3 heterocycles. The fraction of sp³-hybridized carbons (Fsp3) is 0.692. The minimum atomic E-state index is -0.117. The molecule has 1 N–H and O–H groups in total. The summed E-state index contributed by atoms with van der Waals surface area (Å²) in [5, 5.41) is 0. The van der Waals surface area contributed by atoms with E-state index >= 15 is 0 Å². The van der Waals surface area contributed by atoms with Crippen molar-refractivity contribution in [1.29, 1.82) is 0 Å². The van der Waals surface area contributed by atoms with E-state index in [2.05, 4.69) is 30.8 Å². The predicted octanol–water partition coefficient (Wildman–Crippen LogP) is 1.63. The lowest BCUT2D eigenvalue weighted by Crippen LogP contribution is -2.43. The largest absolute Gasteiger partial charge is 0.367 e. The second-order valence-corrected chi connectivity index (χ2v) is 5.97. The van der Waals surface area contributed by atoms with E-state index in [1.807, 2.05) is 6.92 Å². The maximum atomic E-state index is 11.9. The van der Waals surface area contributed by atoms with Crippen molar-refractivity contribution in [2.45, 2.75) is 38.3 Å². The van der Waals surface area contributed by atoms with Gasteiger partial charge in [-0.15, -0.1) is 0 Å². The van der Waals surface area contributed by atoms with Gasteiger partial charge in [-0.3, -0.25) is 9.69 Å². The van der Waals surface area contributed by atoms with Crippen molar-refractivity contribution in [1.82, 2.24) is 14.9 Å². The third-order valence-corrected chi connectivity index (χ3v) is 4.80. The first-order valence-electron chi connectivity index (χ1n) is 6.83. The molecule has 0 spiro atoms. The Kier molecular flexibility index (Phi) is 3.73. The fourth-order valence-corrected chi connectivity index (χ4v) is 3.36. The first-order chi connectivity index (χ1) is 9.19. The molecule has 5 nitrogen and oxygen atoms in total. The molecule has 2 unspecified atom stereocenters. The molecule has 3 rings (SSSR count). The highest BCUT2D eigenvalue weighted by Crippen LogP contribution is 2.28. The average Bonchev–Trinajstić information content (AvgIpc) is 2.89. The lowest BCUT2D eigenvalue weighted by Gasteiger charge is -2.34. The summed E-state index contributed by atoms with van der Waals surface area (Å²) in [6.07, 6.45) is 3.08. The fourth-order valence-electron chi connectivity index (χ4n) is 2.89. The van der Waals surface area contributed by atoms with Crippen LogP contribution in [0.1, 0.15) is 37.4 Å². The van der Waals surface area contributed by atoms with E-state index in [9.17, 15) is 4.79 Å². The Morgan fingerprint density at radius 1 is 1.58 bits per heavy atom. The number of rotatable bonds is 2. The minimum Gasteiger partial charge on any atom is -0.367 e. The van der Waals surface area contributed by atoms with Crippen LogP contribution in [0.15, 0.2) is 9.27 Å². The van der Waals surface area contributed by atoms with Crippen LogP contribution in [-0.4, -0.2) is 40.6 Å². The van der Waals surface area contributed by atoms with Gasteiger partial charge in [0.15, 0.2) is 0 Å². The number of aromatic nitrogens is 2. The Bertz CT molecular complexity index is 531. The summed E-state index contributed by atoms with van der Waals surface area (Å²) in [5.74, 6) is 0.662. The van der Waals surface area contributed by atoms with E-state index in [0.29, 0.717) is 16.3 Å². The van der Waals surface area contributed by atoms with Crippen molar-refractivity contribution in [2.75, 3.05) is 19.7 Å². The van der Waals surface area contributed by atoms with Crippen molar-refractivity contribution in [3.05, 3.63) is 26.3 Å². The van der Waals surface area contributed by atoms with E-state index in [1.54, 1.807) is 0 Å². The summed E-state index contributed by atoms with van der Waals surface area (Å²) in [6.45, 7) is 4.70. The monoisotopic (exact) mass is 327 g/mol. The summed E-state index contributed by atoms with van der Waals surface area (Å²) in [6, 6.07) is 0.559. The third-order valence-electron chi connectivity index (χ3n) is 3.98. The summed E-state index contributed by atoms with van der Waals surface area (Å²) in [5.41, 5.74) is 0.680. The molecule has 19 heavy (non-hydrogen) atoms. The highest BCUT2D eigenvalue weighted by molar-refractivity contribution is 9.10. The average molecular weight is 328 g/mol. The van der Waals surface area contributed by atoms with Crippen LogP contribution in [-0.2, 0) is 11.2 Å². The summed E-state index contributed by atoms with van der Waals surface area (Å²) < 4.78 is 6.42. The molecule has 0 bridgehead atoms. The van der Waals surface area contributed by atoms with Crippen LogP contribution in [0.2, 0.25) is 0 Å². The second kappa shape index (κ2) is 5.34. The van der Waals surface area contributed by atoms with Crippen LogP contribution in [0.25, 0.3) is 0 Å². The van der Waals surface area contributed by atoms with E-state index in [1.165, 1.54) is 12.8 Å². The Morgan fingerprint density at radius 3 is 3.21 bits per heavy atom. The number of hydrogen-bond donors (Lipinski definition) is 1. The van der Waals surface area contributed by atoms with Crippen molar-refractivity contribution >= 4 is 15.9 Å². The van der Waals surface area contributed by atoms with Gasteiger partial charge in [0.25, 0.3) is 5.56 Å².